The average Bonchev–Trinajstić information content (AvgIpc) is 3.41. The van der Waals surface area contributed by atoms with Crippen LogP contribution < -0.4 is 10.1 Å². The first kappa shape index (κ1) is 18.2. The highest BCUT2D eigenvalue weighted by Crippen LogP contribution is 2.48. The number of amides is 1. The minimum atomic E-state index is -1.28. The molecule has 5 nitrogen and oxygen atoms in total. The van der Waals surface area contributed by atoms with Gasteiger partial charge in [-0.1, -0.05) is 23.7 Å². The van der Waals surface area contributed by atoms with Crippen LogP contribution in [0.15, 0.2) is 48.5 Å². The first-order valence-corrected chi connectivity index (χ1v) is 8.48. The number of nitrogens with one attached hydrogen (secondary N) is 1. The number of rotatable bonds is 7. The van der Waals surface area contributed by atoms with Crippen LogP contribution in [0, 0.1) is 5.82 Å². The predicted molar refractivity (Wildman–Crippen MR) is 93.8 cm³/mol. The van der Waals surface area contributed by atoms with Crippen LogP contribution in [0.3, 0.4) is 0 Å². The van der Waals surface area contributed by atoms with Crippen molar-refractivity contribution in [2.45, 2.75) is 24.4 Å². The Morgan fingerprint density at radius 1 is 1.23 bits per heavy atom. The Morgan fingerprint density at radius 2 is 1.92 bits per heavy atom. The molecule has 0 radical (unpaired) electrons. The van der Waals surface area contributed by atoms with Crippen molar-refractivity contribution in [3.63, 3.8) is 0 Å². The molecular formula is C19H17ClFNO4. The highest BCUT2D eigenvalue weighted by atomic mass is 35.5. The van der Waals surface area contributed by atoms with E-state index in [0.717, 1.165) is 5.56 Å². The van der Waals surface area contributed by atoms with Crippen LogP contribution in [0.2, 0.25) is 5.02 Å². The van der Waals surface area contributed by atoms with Gasteiger partial charge in [-0.05, 0) is 54.8 Å². The molecule has 2 aromatic carbocycles. The summed E-state index contributed by atoms with van der Waals surface area (Å²) in [5.74, 6) is -1.71. The topological polar surface area (TPSA) is 75.6 Å². The van der Waals surface area contributed by atoms with E-state index in [1.807, 2.05) is 6.07 Å². The molecule has 0 saturated heterocycles. The van der Waals surface area contributed by atoms with Crippen molar-refractivity contribution in [2.24, 2.45) is 0 Å². The Bertz CT molecular complexity index is 821. The van der Waals surface area contributed by atoms with Gasteiger partial charge >= 0.3 is 5.97 Å². The number of carboxylic acid groups (broad SMARTS) is 1. The van der Waals surface area contributed by atoms with E-state index in [1.54, 1.807) is 18.2 Å². The molecule has 1 fully saturated rings. The second-order valence-electron chi connectivity index (χ2n) is 6.20. The van der Waals surface area contributed by atoms with E-state index in [1.165, 1.54) is 24.3 Å². The molecule has 1 unspecified atom stereocenters. The van der Waals surface area contributed by atoms with Crippen molar-refractivity contribution in [1.82, 2.24) is 5.32 Å². The van der Waals surface area contributed by atoms with Crippen LogP contribution in [0.4, 0.5) is 4.39 Å². The number of aliphatic carboxylic acids is 1. The number of carbonyl (C=O) groups is 2. The van der Waals surface area contributed by atoms with Gasteiger partial charge < -0.3 is 15.2 Å². The van der Waals surface area contributed by atoms with E-state index in [2.05, 4.69) is 5.32 Å². The normalized spacial score (nSPS) is 15.8. The lowest BCUT2D eigenvalue weighted by Crippen LogP contribution is -2.44. The fourth-order valence-electron chi connectivity index (χ4n) is 2.77. The summed E-state index contributed by atoms with van der Waals surface area (Å²) in [6.07, 6.45) is 0.0745. The van der Waals surface area contributed by atoms with E-state index in [0.29, 0.717) is 17.9 Å². The van der Waals surface area contributed by atoms with Gasteiger partial charge in [-0.25, -0.2) is 9.18 Å². The van der Waals surface area contributed by atoms with Gasteiger partial charge in [-0.3, -0.25) is 4.79 Å². The average molecular weight is 378 g/mol. The number of benzene rings is 2. The lowest BCUT2D eigenvalue weighted by Gasteiger charge is -2.19. The third-order valence-electron chi connectivity index (χ3n) is 4.38. The fourth-order valence-corrected chi connectivity index (χ4v) is 2.96. The van der Waals surface area contributed by atoms with Gasteiger partial charge in [0.05, 0.1) is 12.0 Å². The number of hydrogen-bond acceptors (Lipinski definition) is 3. The Labute approximate surface area is 154 Å². The number of carboxylic acids is 1. The highest BCUT2D eigenvalue weighted by Gasteiger charge is 2.51. The zero-order valence-electron chi connectivity index (χ0n) is 13.7. The summed E-state index contributed by atoms with van der Waals surface area (Å²) in [6, 6.07) is 12.1. The van der Waals surface area contributed by atoms with E-state index in [-0.39, 0.29) is 18.2 Å². The van der Waals surface area contributed by atoms with Gasteiger partial charge in [-0.2, -0.15) is 0 Å². The first-order chi connectivity index (χ1) is 12.4. The molecule has 0 heterocycles. The maximum absolute atomic E-state index is 12.9. The number of hydrogen-bond donors (Lipinski definition) is 2. The summed E-state index contributed by atoms with van der Waals surface area (Å²) in [7, 11) is 0. The molecule has 2 N–H and O–H groups in total. The number of carbonyl (C=O) groups excluding carboxylic acids is 1. The summed E-state index contributed by atoms with van der Waals surface area (Å²) in [4.78, 5) is 24.0. The summed E-state index contributed by atoms with van der Waals surface area (Å²) in [5.41, 5.74) is 0.151. The van der Waals surface area contributed by atoms with Gasteiger partial charge in [0.1, 0.15) is 11.6 Å². The molecule has 7 heteroatoms. The number of ether oxygens (including phenoxy) is 1. The molecule has 3 rings (SSSR count). The zero-order chi connectivity index (χ0) is 18.7. The Balaban J connectivity index is 1.64. The molecule has 2 aromatic rings. The van der Waals surface area contributed by atoms with Crippen LogP contribution in [-0.2, 0) is 15.0 Å². The second kappa shape index (κ2) is 7.33. The van der Waals surface area contributed by atoms with Crippen molar-refractivity contribution in [3.8, 4) is 5.75 Å². The molecule has 1 aliphatic carbocycles. The lowest BCUT2D eigenvalue weighted by molar-refractivity contribution is -0.145. The summed E-state index contributed by atoms with van der Waals surface area (Å²) >= 11 is 6.00. The molecular weight excluding hydrogens is 361 g/mol. The van der Waals surface area contributed by atoms with E-state index >= 15 is 0 Å². The van der Waals surface area contributed by atoms with Crippen LogP contribution in [0.5, 0.6) is 5.75 Å². The summed E-state index contributed by atoms with van der Waals surface area (Å²) in [5, 5.41) is 12.5. The van der Waals surface area contributed by atoms with Crippen LogP contribution in [0.25, 0.3) is 0 Å². The van der Waals surface area contributed by atoms with Gasteiger partial charge in [0.15, 0.2) is 0 Å². The smallest absolute Gasteiger partial charge is 0.346 e. The summed E-state index contributed by atoms with van der Waals surface area (Å²) in [6.45, 7) is -0.201. The Hall–Kier alpha value is -2.60. The molecule has 1 saturated carbocycles. The van der Waals surface area contributed by atoms with E-state index in [9.17, 15) is 19.1 Å². The SMILES string of the molecule is O=C(O)C(CNC(=O)C1(c2cccc(Cl)c2)CC1)Oc1ccc(F)cc1. The van der Waals surface area contributed by atoms with Gasteiger partial charge in [0.2, 0.25) is 12.0 Å². The largest absolute Gasteiger partial charge is 0.478 e. The first-order valence-electron chi connectivity index (χ1n) is 8.10. The minimum absolute atomic E-state index is 0.201. The van der Waals surface area contributed by atoms with Crippen molar-refractivity contribution < 1.29 is 23.8 Å². The molecule has 136 valence electrons. The van der Waals surface area contributed by atoms with Crippen molar-refractivity contribution in [2.75, 3.05) is 6.54 Å². The monoisotopic (exact) mass is 377 g/mol. The van der Waals surface area contributed by atoms with Crippen molar-refractivity contribution in [1.29, 1.82) is 0 Å². The molecule has 1 aliphatic rings. The number of halogens is 2. The molecule has 26 heavy (non-hydrogen) atoms. The standard InChI is InChI=1S/C19H17ClFNO4/c20-13-3-1-2-12(10-13)19(8-9-19)18(25)22-11-16(17(23)24)26-15-6-4-14(21)5-7-15/h1-7,10,16H,8-9,11H2,(H,22,25)(H,23,24). The maximum Gasteiger partial charge on any atom is 0.346 e. The second-order valence-corrected chi connectivity index (χ2v) is 6.64. The van der Waals surface area contributed by atoms with Crippen LogP contribution in [-0.4, -0.2) is 29.6 Å². The third-order valence-corrected chi connectivity index (χ3v) is 4.61. The molecule has 1 atom stereocenters. The molecule has 0 aromatic heterocycles. The third kappa shape index (κ3) is 3.96. The van der Waals surface area contributed by atoms with Crippen molar-refractivity contribution >= 4 is 23.5 Å². The van der Waals surface area contributed by atoms with Crippen LogP contribution in [0.1, 0.15) is 18.4 Å². The van der Waals surface area contributed by atoms with Gasteiger partial charge in [0, 0.05) is 5.02 Å². The highest BCUT2D eigenvalue weighted by molar-refractivity contribution is 6.30. The Kier molecular flexibility index (Phi) is 5.13. The van der Waals surface area contributed by atoms with E-state index in [4.69, 9.17) is 16.3 Å². The maximum atomic E-state index is 12.9. The van der Waals surface area contributed by atoms with Crippen molar-refractivity contribution in [3.05, 3.63) is 64.9 Å². The Morgan fingerprint density at radius 3 is 2.50 bits per heavy atom. The van der Waals surface area contributed by atoms with Gasteiger partial charge in [0.25, 0.3) is 0 Å². The predicted octanol–water partition coefficient (Wildman–Crippen LogP) is 3.16. The lowest BCUT2D eigenvalue weighted by atomic mass is 9.95. The van der Waals surface area contributed by atoms with E-state index < -0.39 is 23.3 Å². The van der Waals surface area contributed by atoms with Crippen LogP contribution >= 0.6 is 11.6 Å². The quantitative estimate of drug-likeness (QED) is 0.777. The van der Waals surface area contributed by atoms with Gasteiger partial charge in [-0.15, -0.1) is 0 Å². The molecule has 1 amide bonds. The fraction of sp³-hybridized carbons (Fsp3) is 0.263. The minimum Gasteiger partial charge on any atom is -0.478 e. The molecule has 0 bridgehead atoms. The summed E-state index contributed by atoms with van der Waals surface area (Å²) < 4.78 is 18.3. The molecule has 0 spiro atoms. The molecule has 0 aliphatic heterocycles. The zero-order valence-corrected chi connectivity index (χ0v) is 14.5.